The summed E-state index contributed by atoms with van der Waals surface area (Å²) in [6, 6.07) is 0. The summed E-state index contributed by atoms with van der Waals surface area (Å²) in [5.41, 5.74) is 0. The molecule has 34 heavy (non-hydrogen) atoms. The third kappa shape index (κ3) is 8.63. The van der Waals surface area contributed by atoms with Crippen molar-refractivity contribution < 1.29 is 59.1 Å². The molecule has 2 aliphatic heterocycles. The van der Waals surface area contributed by atoms with Crippen molar-refractivity contribution in [1.82, 2.24) is 0 Å². The summed E-state index contributed by atoms with van der Waals surface area (Å²) in [5, 5.41) is 59.5. The Bertz CT molecular complexity index is 576. The summed E-state index contributed by atoms with van der Waals surface area (Å²) in [6.45, 7) is -0.693. The first-order valence-electron chi connectivity index (χ1n) is 11.9. The first-order valence-corrected chi connectivity index (χ1v) is 11.9. The lowest BCUT2D eigenvalue weighted by Crippen LogP contribution is -2.62. The van der Waals surface area contributed by atoms with E-state index in [9.17, 15) is 35.4 Å². The van der Waals surface area contributed by atoms with Crippen LogP contribution < -0.4 is 0 Å². The summed E-state index contributed by atoms with van der Waals surface area (Å²) < 4.78 is 26.9. The van der Waals surface area contributed by atoms with E-state index in [4.69, 9.17) is 18.9 Å². The monoisotopic (exact) mass is 496 g/mol. The Morgan fingerprint density at radius 3 is 2.15 bits per heavy atom. The van der Waals surface area contributed by atoms with Gasteiger partial charge in [-0.2, -0.15) is 0 Å². The van der Waals surface area contributed by atoms with Crippen LogP contribution in [0, 0.1) is 0 Å². The van der Waals surface area contributed by atoms with Gasteiger partial charge in [0.1, 0.15) is 36.6 Å². The lowest BCUT2D eigenvalue weighted by atomic mass is 9.98. The van der Waals surface area contributed by atoms with Crippen molar-refractivity contribution in [3.05, 3.63) is 0 Å². The predicted molar refractivity (Wildman–Crippen MR) is 115 cm³/mol. The highest BCUT2D eigenvalue weighted by molar-refractivity contribution is 5.68. The molecule has 0 aromatic heterocycles. The van der Waals surface area contributed by atoms with Gasteiger partial charge < -0.3 is 54.3 Å². The fraction of sp³-hybridized carbons (Fsp3) is 0.955. The first kappa shape index (κ1) is 29.3. The van der Waals surface area contributed by atoms with Crippen LogP contribution >= 0.6 is 0 Å². The van der Waals surface area contributed by atoms with E-state index in [1.54, 1.807) is 0 Å². The molecule has 9 atom stereocenters. The maximum atomic E-state index is 11.1. The fourth-order valence-electron chi connectivity index (χ4n) is 4.07. The molecule has 0 unspecified atom stereocenters. The maximum absolute atomic E-state index is 11.1. The summed E-state index contributed by atoms with van der Waals surface area (Å²) in [4.78, 5) is 11.1. The third-order valence-electron chi connectivity index (χ3n) is 6.13. The number of unbranched alkanes of at least 4 members (excludes halogenated alkanes) is 5. The molecule has 0 aromatic carbocycles. The average Bonchev–Trinajstić information content (AvgIpc) is 2.83. The van der Waals surface area contributed by atoms with Crippen molar-refractivity contribution >= 4 is 5.97 Å². The minimum absolute atomic E-state index is 0.0616. The number of hydrogen-bond acceptors (Lipinski definition) is 12. The van der Waals surface area contributed by atoms with Gasteiger partial charge in [-0.1, -0.05) is 25.7 Å². The molecule has 200 valence electrons. The van der Waals surface area contributed by atoms with Gasteiger partial charge in [-0.15, -0.1) is 0 Å². The molecule has 0 bridgehead atoms. The number of esters is 1. The highest BCUT2D eigenvalue weighted by atomic mass is 16.7. The normalized spacial score (nSPS) is 36.4. The molecule has 12 nitrogen and oxygen atoms in total. The van der Waals surface area contributed by atoms with Crippen LogP contribution in [0.1, 0.15) is 51.4 Å². The standard InChI is InChI=1S/C22H40O12/c1-30-16(26)8-6-4-2-3-5-7-9-31-17-10-13(25)21(15(12-24)32-17)34-22-20(29)19(28)18(27)14(11-23)33-22/h13-15,17-25,27-29H,2-12H2,1H3/t13-,14-,15-,17+,18+,19+,20-,21+,22+/m1/s1. The Morgan fingerprint density at radius 2 is 1.50 bits per heavy atom. The van der Waals surface area contributed by atoms with Crippen LogP contribution in [0.5, 0.6) is 0 Å². The van der Waals surface area contributed by atoms with Crippen molar-refractivity contribution in [2.45, 2.75) is 107 Å². The molecular formula is C22H40O12. The quantitative estimate of drug-likeness (QED) is 0.122. The van der Waals surface area contributed by atoms with E-state index in [0.29, 0.717) is 13.0 Å². The Labute approximate surface area is 199 Å². The average molecular weight is 497 g/mol. The van der Waals surface area contributed by atoms with Crippen molar-refractivity contribution in [2.24, 2.45) is 0 Å². The smallest absolute Gasteiger partial charge is 0.305 e. The lowest BCUT2D eigenvalue weighted by Gasteiger charge is -2.44. The molecule has 2 aliphatic rings. The van der Waals surface area contributed by atoms with Crippen molar-refractivity contribution in [1.29, 1.82) is 0 Å². The fourth-order valence-corrected chi connectivity index (χ4v) is 4.07. The van der Waals surface area contributed by atoms with Gasteiger partial charge in [-0.05, 0) is 12.8 Å². The zero-order chi connectivity index (χ0) is 25.1. The molecule has 2 fully saturated rings. The second-order valence-electron chi connectivity index (χ2n) is 8.71. The highest BCUT2D eigenvalue weighted by Gasteiger charge is 2.48. The number of hydrogen-bond donors (Lipinski definition) is 6. The van der Waals surface area contributed by atoms with E-state index in [1.165, 1.54) is 7.11 Å². The minimum Gasteiger partial charge on any atom is -0.469 e. The van der Waals surface area contributed by atoms with Crippen LogP contribution in [0.25, 0.3) is 0 Å². The number of methoxy groups -OCH3 is 1. The van der Waals surface area contributed by atoms with Crippen molar-refractivity contribution in [3.63, 3.8) is 0 Å². The van der Waals surface area contributed by atoms with Crippen LogP contribution in [0.4, 0.5) is 0 Å². The molecule has 12 heteroatoms. The predicted octanol–water partition coefficient (Wildman–Crippen LogP) is -1.44. The van der Waals surface area contributed by atoms with E-state index in [0.717, 1.165) is 38.5 Å². The molecular weight excluding hydrogens is 456 g/mol. The van der Waals surface area contributed by atoms with Gasteiger partial charge in [0.05, 0.1) is 26.4 Å². The molecule has 0 aliphatic carbocycles. The molecule has 0 radical (unpaired) electrons. The number of carbonyl (C=O) groups is 1. The van der Waals surface area contributed by atoms with Gasteiger partial charge in [-0.25, -0.2) is 0 Å². The largest absolute Gasteiger partial charge is 0.469 e. The lowest BCUT2D eigenvalue weighted by molar-refractivity contribution is -0.344. The van der Waals surface area contributed by atoms with Gasteiger partial charge in [0, 0.05) is 19.4 Å². The van der Waals surface area contributed by atoms with Gasteiger partial charge in [0.15, 0.2) is 12.6 Å². The second-order valence-corrected chi connectivity index (χ2v) is 8.71. The second kappa shape index (κ2) is 15.2. The van der Waals surface area contributed by atoms with Gasteiger partial charge in [0.25, 0.3) is 0 Å². The topological polar surface area (TPSA) is 185 Å². The zero-order valence-corrected chi connectivity index (χ0v) is 19.6. The van der Waals surface area contributed by atoms with E-state index in [-0.39, 0.29) is 12.4 Å². The van der Waals surface area contributed by atoms with Crippen LogP contribution in [0.3, 0.4) is 0 Å². The molecule has 2 heterocycles. The Balaban J connectivity index is 1.70. The van der Waals surface area contributed by atoms with Crippen LogP contribution in [-0.4, -0.2) is 119 Å². The first-order chi connectivity index (χ1) is 16.3. The molecule has 0 amide bonds. The third-order valence-corrected chi connectivity index (χ3v) is 6.13. The Kier molecular flexibility index (Phi) is 13.1. The maximum Gasteiger partial charge on any atom is 0.305 e. The van der Waals surface area contributed by atoms with Crippen molar-refractivity contribution in [3.8, 4) is 0 Å². The van der Waals surface area contributed by atoms with Gasteiger partial charge in [-0.3, -0.25) is 4.79 Å². The number of aliphatic hydroxyl groups is 6. The Hall–Kier alpha value is -0.930. The number of carbonyl (C=O) groups excluding carboxylic acids is 1. The van der Waals surface area contributed by atoms with E-state index in [2.05, 4.69) is 4.74 Å². The Morgan fingerprint density at radius 1 is 0.853 bits per heavy atom. The summed E-state index contributed by atoms with van der Waals surface area (Å²) >= 11 is 0. The van der Waals surface area contributed by atoms with Crippen LogP contribution in [0.2, 0.25) is 0 Å². The van der Waals surface area contributed by atoms with E-state index in [1.807, 2.05) is 0 Å². The van der Waals surface area contributed by atoms with E-state index < -0.39 is 68.5 Å². The molecule has 0 aromatic rings. The van der Waals surface area contributed by atoms with Crippen LogP contribution in [0.15, 0.2) is 0 Å². The highest BCUT2D eigenvalue weighted by Crippen LogP contribution is 2.29. The molecule has 0 saturated carbocycles. The summed E-state index contributed by atoms with van der Waals surface area (Å²) in [7, 11) is 1.38. The zero-order valence-electron chi connectivity index (χ0n) is 19.6. The van der Waals surface area contributed by atoms with Gasteiger partial charge in [0.2, 0.25) is 0 Å². The summed E-state index contributed by atoms with van der Waals surface area (Å²) in [5.74, 6) is -0.190. The van der Waals surface area contributed by atoms with Crippen LogP contribution in [-0.2, 0) is 28.5 Å². The number of rotatable bonds is 14. The summed E-state index contributed by atoms with van der Waals surface area (Å²) in [6.07, 6.45) is -5.26. The molecule has 2 rings (SSSR count). The SMILES string of the molecule is COC(=O)CCCCCCCCO[C@@H]1C[C@@H](O)[C@H](O[C@@H]2O[C@H](CO)[C@H](O)[C@H](O)[C@H]2O)[C@@H](CO)O1. The molecule has 2 saturated heterocycles. The number of aliphatic hydroxyl groups excluding tert-OH is 6. The van der Waals surface area contributed by atoms with Gasteiger partial charge >= 0.3 is 5.97 Å². The molecule has 0 spiro atoms. The van der Waals surface area contributed by atoms with Crippen molar-refractivity contribution in [2.75, 3.05) is 26.9 Å². The minimum atomic E-state index is -1.63. The van der Waals surface area contributed by atoms with E-state index >= 15 is 0 Å². The molecule has 6 N–H and O–H groups in total. The number of ether oxygens (including phenoxy) is 5.